The number of piperidine rings is 1. The van der Waals surface area contributed by atoms with Crippen LogP contribution in [0.1, 0.15) is 37.0 Å². The van der Waals surface area contributed by atoms with Crippen LogP contribution < -0.4 is 9.47 Å². The Morgan fingerprint density at radius 2 is 1.83 bits per heavy atom. The van der Waals surface area contributed by atoms with Gasteiger partial charge in [-0.15, -0.1) is 0 Å². The summed E-state index contributed by atoms with van der Waals surface area (Å²) >= 11 is 0. The molecule has 1 aromatic heterocycles. The number of carbonyl (C=O) groups excluding carboxylic acids is 1. The van der Waals surface area contributed by atoms with Crippen LogP contribution in [-0.2, 0) is 0 Å². The summed E-state index contributed by atoms with van der Waals surface area (Å²) in [5, 5.41) is 0. The Morgan fingerprint density at radius 1 is 1.10 bits per heavy atom. The first-order chi connectivity index (χ1) is 14.6. The Labute approximate surface area is 178 Å². The van der Waals surface area contributed by atoms with Gasteiger partial charge < -0.3 is 14.4 Å². The highest BCUT2D eigenvalue weighted by molar-refractivity contribution is 5.94. The van der Waals surface area contributed by atoms with Crippen molar-refractivity contribution in [3.63, 3.8) is 0 Å². The van der Waals surface area contributed by atoms with Crippen LogP contribution in [0, 0.1) is 5.92 Å². The molecule has 6 nitrogen and oxygen atoms in total. The van der Waals surface area contributed by atoms with Crippen molar-refractivity contribution in [1.82, 2.24) is 14.8 Å². The summed E-state index contributed by atoms with van der Waals surface area (Å²) in [5.41, 5.74) is 0.618. The number of ether oxygens (including phenoxy) is 2. The number of methoxy groups -OCH3 is 1. The van der Waals surface area contributed by atoms with Gasteiger partial charge >= 0.3 is 0 Å². The van der Waals surface area contributed by atoms with Gasteiger partial charge in [-0.3, -0.25) is 9.69 Å². The molecule has 2 aromatic rings. The maximum Gasteiger partial charge on any atom is 0.255 e. The molecule has 0 aliphatic carbocycles. The summed E-state index contributed by atoms with van der Waals surface area (Å²) in [4.78, 5) is 21.5. The highest BCUT2D eigenvalue weighted by Crippen LogP contribution is 2.36. The van der Waals surface area contributed by atoms with Gasteiger partial charge in [0.25, 0.3) is 5.91 Å². The highest BCUT2D eigenvalue weighted by Gasteiger charge is 2.47. The minimum absolute atomic E-state index is 0.0509. The number of benzene rings is 1. The fraction of sp³-hybridized carbons (Fsp3) is 0.500. The standard InChI is InChI=1S/C24H31N3O3/c1-17(2)27-16-21(30-20-7-5-4-6-8-20)23(27)18-11-13-26(14-12-18)24(28)19-9-10-22(29-3)25-15-19/h4-10,15,17-18,21,23H,11-14,16H2,1-3H3/t21-,23-/m0/s1. The number of aromatic nitrogens is 1. The van der Waals surface area contributed by atoms with Crippen molar-refractivity contribution >= 4 is 5.91 Å². The minimum atomic E-state index is 0.0509. The van der Waals surface area contributed by atoms with Crippen molar-refractivity contribution in [2.45, 2.75) is 44.9 Å². The molecular weight excluding hydrogens is 378 g/mol. The molecule has 30 heavy (non-hydrogen) atoms. The molecule has 1 aromatic carbocycles. The minimum Gasteiger partial charge on any atom is -0.487 e. The van der Waals surface area contributed by atoms with Gasteiger partial charge in [0.2, 0.25) is 5.88 Å². The third-order valence-electron chi connectivity index (χ3n) is 6.35. The molecule has 2 fully saturated rings. The molecule has 0 bridgehead atoms. The van der Waals surface area contributed by atoms with Crippen molar-refractivity contribution in [3.05, 3.63) is 54.2 Å². The Morgan fingerprint density at radius 3 is 2.43 bits per heavy atom. The summed E-state index contributed by atoms with van der Waals surface area (Å²) < 4.78 is 11.4. The Hall–Kier alpha value is -2.60. The third kappa shape index (κ3) is 4.29. The maximum absolute atomic E-state index is 12.8. The van der Waals surface area contributed by atoms with Gasteiger partial charge in [-0.25, -0.2) is 4.98 Å². The van der Waals surface area contributed by atoms with Gasteiger partial charge in [-0.05, 0) is 50.8 Å². The predicted octanol–water partition coefficient (Wildman–Crippen LogP) is 3.48. The van der Waals surface area contributed by atoms with Gasteiger partial charge in [0.15, 0.2) is 0 Å². The smallest absolute Gasteiger partial charge is 0.255 e. The number of pyridine rings is 1. The second-order valence-corrected chi connectivity index (χ2v) is 8.47. The first-order valence-corrected chi connectivity index (χ1v) is 10.8. The molecule has 160 valence electrons. The number of amides is 1. The van der Waals surface area contributed by atoms with Crippen LogP contribution in [0.5, 0.6) is 11.6 Å². The van der Waals surface area contributed by atoms with Crippen LogP contribution >= 0.6 is 0 Å². The number of rotatable bonds is 6. The van der Waals surface area contributed by atoms with E-state index in [-0.39, 0.29) is 12.0 Å². The zero-order valence-corrected chi connectivity index (χ0v) is 18.0. The molecule has 0 spiro atoms. The molecule has 0 N–H and O–H groups in total. The quantitative estimate of drug-likeness (QED) is 0.731. The molecule has 2 saturated heterocycles. The molecule has 3 heterocycles. The second kappa shape index (κ2) is 9.04. The lowest BCUT2D eigenvalue weighted by molar-refractivity contribution is -0.0983. The first-order valence-electron chi connectivity index (χ1n) is 10.8. The average Bonchev–Trinajstić information content (AvgIpc) is 2.77. The van der Waals surface area contributed by atoms with Crippen molar-refractivity contribution in [3.8, 4) is 11.6 Å². The van der Waals surface area contributed by atoms with Gasteiger partial charge in [0.05, 0.1) is 18.7 Å². The second-order valence-electron chi connectivity index (χ2n) is 8.47. The van der Waals surface area contributed by atoms with Crippen molar-refractivity contribution in [1.29, 1.82) is 0 Å². The largest absolute Gasteiger partial charge is 0.487 e. The molecule has 2 aliphatic heterocycles. The summed E-state index contributed by atoms with van der Waals surface area (Å²) in [6.45, 7) is 7.02. The number of para-hydroxylation sites is 1. The van der Waals surface area contributed by atoms with E-state index in [4.69, 9.17) is 9.47 Å². The van der Waals surface area contributed by atoms with E-state index in [9.17, 15) is 4.79 Å². The normalized spacial score (nSPS) is 22.6. The van der Waals surface area contributed by atoms with Gasteiger partial charge in [0.1, 0.15) is 11.9 Å². The Balaban J connectivity index is 1.37. The monoisotopic (exact) mass is 409 g/mol. The van der Waals surface area contributed by atoms with Crippen LogP contribution in [-0.4, -0.2) is 65.6 Å². The fourth-order valence-corrected chi connectivity index (χ4v) is 4.68. The molecular formula is C24H31N3O3. The van der Waals surface area contributed by atoms with E-state index in [1.807, 2.05) is 35.2 Å². The van der Waals surface area contributed by atoms with Gasteiger partial charge in [0, 0.05) is 37.9 Å². The predicted molar refractivity (Wildman–Crippen MR) is 116 cm³/mol. The van der Waals surface area contributed by atoms with E-state index in [2.05, 4.69) is 23.7 Å². The van der Waals surface area contributed by atoms with Crippen LogP contribution in [0.3, 0.4) is 0 Å². The third-order valence-corrected chi connectivity index (χ3v) is 6.35. The topological polar surface area (TPSA) is 54.9 Å². The number of hydrogen-bond acceptors (Lipinski definition) is 5. The van der Waals surface area contributed by atoms with E-state index < -0.39 is 0 Å². The van der Waals surface area contributed by atoms with Crippen LogP contribution in [0.15, 0.2) is 48.7 Å². The number of likely N-dealkylation sites (tertiary alicyclic amines) is 2. The maximum atomic E-state index is 12.8. The summed E-state index contributed by atoms with van der Waals surface area (Å²) in [5.74, 6) is 2.05. The summed E-state index contributed by atoms with van der Waals surface area (Å²) in [7, 11) is 1.57. The summed E-state index contributed by atoms with van der Waals surface area (Å²) in [6, 6.07) is 14.5. The first kappa shape index (κ1) is 20.7. The van der Waals surface area contributed by atoms with Crippen LogP contribution in [0.4, 0.5) is 0 Å². The fourth-order valence-electron chi connectivity index (χ4n) is 4.68. The summed E-state index contributed by atoms with van der Waals surface area (Å²) in [6.07, 6.45) is 3.81. The van der Waals surface area contributed by atoms with E-state index in [1.54, 1.807) is 25.4 Å². The molecule has 2 aliphatic rings. The van der Waals surface area contributed by atoms with E-state index >= 15 is 0 Å². The molecule has 2 atom stereocenters. The molecule has 0 radical (unpaired) electrons. The molecule has 1 amide bonds. The lowest BCUT2D eigenvalue weighted by atomic mass is 9.79. The lowest BCUT2D eigenvalue weighted by Gasteiger charge is -2.54. The highest BCUT2D eigenvalue weighted by atomic mass is 16.5. The average molecular weight is 410 g/mol. The van der Waals surface area contributed by atoms with Crippen LogP contribution in [0.2, 0.25) is 0 Å². The van der Waals surface area contributed by atoms with E-state index in [1.165, 1.54) is 0 Å². The van der Waals surface area contributed by atoms with Crippen molar-refractivity contribution in [2.24, 2.45) is 5.92 Å². The van der Waals surface area contributed by atoms with Crippen molar-refractivity contribution in [2.75, 3.05) is 26.7 Å². The van der Waals surface area contributed by atoms with Crippen LogP contribution in [0.25, 0.3) is 0 Å². The molecule has 6 heteroatoms. The lowest BCUT2D eigenvalue weighted by Crippen LogP contribution is -2.68. The number of nitrogens with zero attached hydrogens (tertiary/aromatic N) is 3. The number of carbonyl (C=O) groups is 1. The van der Waals surface area contributed by atoms with E-state index in [0.29, 0.717) is 29.4 Å². The molecule has 0 saturated carbocycles. The van der Waals surface area contributed by atoms with Gasteiger partial charge in [-0.1, -0.05) is 18.2 Å². The molecule has 4 rings (SSSR count). The Kier molecular flexibility index (Phi) is 6.23. The zero-order valence-electron chi connectivity index (χ0n) is 18.0. The van der Waals surface area contributed by atoms with Gasteiger partial charge in [-0.2, -0.15) is 0 Å². The van der Waals surface area contributed by atoms with Crippen molar-refractivity contribution < 1.29 is 14.3 Å². The number of hydrogen-bond donors (Lipinski definition) is 0. The Bertz CT molecular complexity index is 833. The molecule has 0 unspecified atom stereocenters. The zero-order chi connectivity index (χ0) is 21.1. The van der Waals surface area contributed by atoms with E-state index in [0.717, 1.165) is 38.2 Å². The SMILES string of the molecule is COc1ccc(C(=O)N2CCC([C@H]3[C@@H](Oc4ccccc4)CN3C(C)C)CC2)cn1.